The number of piperazine rings is 1. The average Bonchev–Trinajstić information content (AvgIpc) is 3.52. The fourth-order valence-corrected chi connectivity index (χ4v) is 5.45. The maximum absolute atomic E-state index is 15.1. The first kappa shape index (κ1) is 27.8. The number of carbonyl (C=O) groups is 1. The van der Waals surface area contributed by atoms with Gasteiger partial charge in [-0.2, -0.15) is 0 Å². The molecule has 10 nitrogen and oxygen atoms in total. The van der Waals surface area contributed by atoms with E-state index in [2.05, 4.69) is 37.1 Å². The van der Waals surface area contributed by atoms with Crippen molar-refractivity contribution in [3.63, 3.8) is 0 Å². The van der Waals surface area contributed by atoms with Gasteiger partial charge in [0.2, 0.25) is 5.95 Å². The van der Waals surface area contributed by atoms with E-state index in [0.29, 0.717) is 54.5 Å². The Kier molecular flexibility index (Phi) is 7.15. The lowest BCUT2D eigenvalue weighted by molar-refractivity contribution is 0.0240. The van der Waals surface area contributed by atoms with Crippen molar-refractivity contribution in [3.05, 3.63) is 54.1 Å². The Morgan fingerprint density at radius 3 is 2.52 bits per heavy atom. The average molecular weight is 577 g/mol. The Morgan fingerprint density at radius 1 is 1.05 bits per heavy atom. The minimum absolute atomic E-state index is 0.00614. The van der Waals surface area contributed by atoms with Crippen molar-refractivity contribution < 1.29 is 18.3 Å². The number of fused-ring (bicyclic) bond motifs is 3. The van der Waals surface area contributed by atoms with Crippen LogP contribution in [0.1, 0.15) is 39.9 Å². The molecule has 1 N–H and O–H groups in total. The van der Waals surface area contributed by atoms with Gasteiger partial charge in [0.25, 0.3) is 0 Å². The van der Waals surface area contributed by atoms with Crippen LogP contribution < -0.4 is 10.2 Å². The van der Waals surface area contributed by atoms with E-state index < -0.39 is 17.2 Å². The Morgan fingerprint density at radius 2 is 1.83 bits per heavy atom. The van der Waals surface area contributed by atoms with Crippen LogP contribution in [0.5, 0.6) is 0 Å². The number of anilines is 3. The van der Waals surface area contributed by atoms with E-state index in [0.717, 1.165) is 37.1 Å². The highest BCUT2D eigenvalue weighted by Crippen LogP contribution is 2.33. The number of ether oxygens (including phenoxy) is 1. The summed E-state index contributed by atoms with van der Waals surface area (Å²) in [6.07, 6.45) is 4.31. The molecular formula is C30H34F2N8O2. The molecule has 0 spiro atoms. The molecule has 1 saturated heterocycles. The number of carbonyl (C=O) groups excluding carboxylic acids is 1. The van der Waals surface area contributed by atoms with Gasteiger partial charge in [-0.25, -0.2) is 33.5 Å². The lowest BCUT2D eigenvalue weighted by Gasteiger charge is -2.36. The number of benzene rings is 1. The number of hydrogen-bond acceptors (Lipinski definition) is 8. The molecule has 42 heavy (non-hydrogen) atoms. The quantitative estimate of drug-likeness (QED) is 0.330. The molecule has 3 aromatic heterocycles. The van der Waals surface area contributed by atoms with Crippen molar-refractivity contribution in [1.29, 1.82) is 0 Å². The van der Waals surface area contributed by atoms with Gasteiger partial charge in [0, 0.05) is 44.7 Å². The minimum Gasteiger partial charge on any atom is -0.444 e. The van der Waals surface area contributed by atoms with Gasteiger partial charge in [0.15, 0.2) is 11.6 Å². The zero-order chi connectivity index (χ0) is 29.6. The molecule has 1 atom stereocenters. The predicted octanol–water partition coefficient (Wildman–Crippen LogP) is 5.55. The summed E-state index contributed by atoms with van der Waals surface area (Å²) in [7, 11) is 0. The number of hydrogen-bond donors (Lipinski definition) is 1. The smallest absolute Gasteiger partial charge is 0.410 e. The summed E-state index contributed by atoms with van der Waals surface area (Å²) in [5.41, 5.74) is 1.64. The summed E-state index contributed by atoms with van der Waals surface area (Å²) in [6, 6.07) is 6.72. The van der Waals surface area contributed by atoms with Crippen LogP contribution in [0.15, 0.2) is 36.7 Å². The molecule has 5 heterocycles. The predicted molar refractivity (Wildman–Crippen MR) is 156 cm³/mol. The van der Waals surface area contributed by atoms with Crippen LogP contribution in [0.2, 0.25) is 0 Å². The third kappa shape index (κ3) is 5.57. The lowest BCUT2D eigenvalue weighted by Crippen LogP contribution is -2.50. The molecule has 2 aliphatic heterocycles. The Labute approximate surface area is 242 Å². The topological polar surface area (TPSA) is 101 Å². The molecule has 1 aromatic carbocycles. The summed E-state index contributed by atoms with van der Waals surface area (Å²) in [4.78, 5) is 33.6. The zero-order valence-corrected chi connectivity index (χ0v) is 24.2. The van der Waals surface area contributed by atoms with Gasteiger partial charge in [-0.15, -0.1) is 0 Å². The van der Waals surface area contributed by atoms with Gasteiger partial charge in [-0.05, 0) is 51.0 Å². The number of rotatable bonds is 5. The number of halogens is 2. The SMILES string of the molecule is CCC1Cc2nc3c(F)cc(-c4nc(Nc5ccc(N6CCN(C(=O)OC(C)(C)C)CC6)cn5)ncc4F)cc3n2C1. The number of aromatic nitrogens is 5. The van der Waals surface area contributed by atoms with E-state index in [9.17, 15) is 9.18 Å². The number of pyridine rings is 1. The van der Waals surface area contributed by atoms with Crippen molar-refractivity contribution in [1.82, 2.24) is 29.4 Å². The van der Waals surface area contributed by atoms with Crippen LogP contribution in [0.3, 0.4) is 0 Å². The molecule has 1 amide bonds. The summed E-state index contributed by atoms with van der Waals surface area (Å²) in [5.74, 6) is 0.788. The van der Waals surface area contributed by atoms with Crippen LogP contribution in [-0.2, 0) is 17.7 Å². The summed E-state index contributed by atoms with van der Waals surface area (Å²) >= 11 is 0. The zero-order valence-electron chi connectivity index (χ0n) is 24.2. The van der Waals surface area contributed by atoms with Crippen molar-refractivity contribution in [2.75, 3.05) is 36.4 Å². The second-order valence-electron chi connectivity index (χ2n) is 11.8. The van der Waals surface area contributed by atoms with Crippen molar-refractivity contribution in [2.45, 2.75) is 52.7 Å². The molecule has 0 radical (unpaired) electrons. The summed E-state index contributed by atoms with van der Waals surface area (Å²) in [5, 5.41) is 3.02. The highest BCUT2D eigenvalue weighted by Gasteiger charge is 2.27. The van der Waals surface area contributed by atoms with Crippen LogP contribution in [0.25, 0.3) is 22.3 Å². The van der Waals surface area contributed by atoms with Crippen LogP contribution in [-0.4, -0.2) is 67.3 Å². The monoisotopic (exact) mass is 576 g/mol. The van der Waals surface area contributed by atoms with Crippen LogP contribution >= 0.6 is 0 Å². The number of imidazole rings is 1. The standard InChI is InChI=1S/C30H34F2N8O2/c1-5-18-12-25-36-27-21(31)13-19(14-23(27)40(25)17-18)26-22(32)16-34-28(37-26)35-24-7-6-20(15-33-24)38-8-10-39(11-9-38)29(41)42-30(2,3)4/h6-7,13-16,18H,5,8-12,17H2,1-4H3,(H,33,34,35,37). The van der Waals surface area contributed by atoms with Gasteiger partial charge in [-0.1, -0.05) is 13.3 Å². The van der Waals surface area contributed by atoms with E-state index in [-0.39, 0.29) is 17.7 Å². The first-order chi connectivity index (χ1) is 20.1. The second-order valence-corrected chi connectivity index (χ2v) is 11.8. The second kappa shape index (κ2) is 10.8. The van der Waals surface area contributed by atoms with Crippen molar-refractivity contribution >= 4 is 34.6 Å². The Bertz CT molecular complexity index is 1630. The molecular weight excluding hydrogens is 542 g/mol. The lowest BCUT2D eigenvalue weighted by atomic mass is 10.1. The van der Waals surface area contributed by atoms with Gasteiger partial charge < -0.3 is 24.4 Å². The van der Waals surface area contributed by atoms with Gasteiger partial charge >= 0.3 is 6.09 Å². The van der Waals surface area contributed by atoms with Gasteiger partial charge in [0.1, 0.15) is 28.5 Å². The third-order valence-corrected chi connectivity index (χ3v) is 7.68. The number of nitrogens with one attached hydrogen (secondary N) is 1. The first-order valence-corrected chi connectivity index (χ1v) is 14.3. The number of nitrogens with zero attached hydrogens (tertiary/aromatic N) is 7. The van der Waals surface area contributed by atoms with E-state index in [1.807, 2.05) is 31.4 Å². The highest BCUT2D eigenvalue weighted by atomic mass is 19.1. The third-order valence-electron chi connectivity index (χ3n) is 7.68. The summed E-state index contributed by atoms with van der Waals surface area (Å²) < 4.78 is 37.5. The molecule has 220 valence electrons. The minimum atomic E-state index is -0.652. The molecule has 2 aliphatic rings. The van der Waals surface area contributed by atoms with Crippen LogP contribution in [0, 0.1) is 17.6 Å². The maximum Gasteiger partial charge on any atom is 0.410 e. The molecule has 0 bridgehead atoms. The normalized spacial score (nSPS) is 17.0. The van der Waals surface area contributed by atoms with Gasteiger partial charge in [0.05, 0.1) is 23.6 Å². The van der Waals surface area contributed by atoms with Crippen molar-refractivity contribution in [2.24, 2.45) is 5.92 Å². The van der Waals surface area contributed by atoms with E-state index in [1.165, 1.54) is 6.07 Å². The van der Waals surface area contributed by atoms with E-state index >= 15 is 4.39 Å². The van der Waals surface area contributed by atoms with E-state index in [4.69, 9.17) is 4.74 Å². The molecule has 4 aromatic rings. The fourth-order valence-electron chi connectivity index (χ4n) is 5.45. The molecule has 12 heteroatoms. The van der Waals surface area contributed by atoms with Crippen LogP contribution in [0.4, 0.5) is 31.0 Å². The first-order valence-electron chi connectivity index (χ1n) is 14.3. The Balaban J connectivity index is 1.15. The largest absolute Gasteiger partial charge is 0.444 e. The highest BCUT2D eigenvalue weighted by molar-refractivity contribution is 5.83. The summed E-state index contributed by atoms with van der Waals surface area (Å²) in [6.45, 7) is 10.9. The maximum atomic E-state index is 15.1. The fraction of sp³-hybridized carbons (Fsp3) is 0.433. The Hall–Kier alpha value is -4.35. The molecule has 1 unspecified atom stereocenters. The van der Waals surface area contributed by atoms with Gasteiger partial charge in [-0.3, -0.25) is 0 Å². The molecule has 0 saturated carbocycles. The molecule has 0 aliphatic carbocycles. The molecule has 1 fully saturated rings. The van der Waals surface area contributed by atoms with Crippen molar-refractivity contribution in [3.8, 4) is 11.3 Å². The number of amides is 1. The molecule has 6 rings (SSSR count). The van der Waals surface area contributed by atoms with E-state index in [1.54, 1.807) is 23.2 Å².